The minimum atomic E-state index is -1.72. The number of carbonyl (C=O) groups is 1. The van der Waals surface area contributed by atoms with E-state index < -0.39 is 13.1 Å². The van der Waals surface area contributed by atoms with Crippen LogP contribution >= 0.6 is 0 Å². The molecule has 0 aliphatic carbocycles. The number of hydrogen-bond acceptors (Lipinski definition) is 5. The lowest BCUT2D eigenvalue weighted by Gasteiger charge is -2.10. The van der Waals surface area contributed by atoms with Crippen molar-refractivity contribution in [3.8, 4) is 5.75 Å². The second kappa shape index (κ2) is 7.03. The summed E-state index contributed by atoms with van der Waals surface area (Å²) in [7, 11) is -0.249. The van der Waals surface area contributed by atoms with E-state index in [1.165, 1.54) is 19.2 Å². The lowest BCUT2D eigenvalue weighted by molar-refractivity contribution is 0.0500. The monoisotopic (exact) mass is 252 g/mol. The number of unbranched alkanes of at least 4 members (excludes halogenated alkanes) is 1. The van der Waals surface area contributed by atoms with E-state index in [1.807, 2.05) is 6.92 Å². The zero-order valence-corrected chi connectivity index (χ0v) is 10.5. The van der Waals surface area contributed by atoms with E-state index in [1.54, 1.807) is 6.07 Å². The van der Waals surface area contributed by atoms with Crippen molar-refractivity contribution in [2.75, 3.05) is 13.7 Å². The third-order valence-electron chi connectivity index (χ3n) is 2.49. The Bertz CT molecular complexity index is 405. The summed E-state index contributed by atoms with van der Waals surface area (Å²) in [5.74, 6) is -0.118. The third-order valence-corrected chi connectivity index (χ3v) is 2.49. The van der Waals surface area contributed by atoms with Gasteiger partial charge in [-0.25, -0.2) is 4.79 Å². The Morgan fingerprint density at radius 3 is 2.67 bits per heavy atom. The lowest BCUT2D eigenvalue weighted by atomic mass is 9.77. The molecular formula is C12H17BO5. The minimum absolute atomic E-state index is 0.109. The number of methoxy groups -OCH3 is 1. The number of esters is 1. The first-order valence-electron chi connectivity index (χ1n) is 5.81. The van der Waals surface area contributed by atoms with Crippen LogP contribution in [0.4, 0.5) is 0 Å². The molecule has 0 bridgehead atoms. The van der Waals surface area contributed by atoms with Crippen LogP contribution in [0.2, 0.25) is 0 Å². The maximum Gasteiger partial charge on any atom is 0.489 e. The van der Waals surface area contributed by atoms with Gasteiger partial charge in [0.25, 0.3) is 0 Å². The zero-order chi connectivity index (χ0) is 13.5. The number of benzene rings is 1. The van der Waals surface area contributed by atoms with Gasteiger partial charge in [0.05, 0.1) is 19.3 Å². The van der Waals surface area contributed by atoms with E-state index in [4.69, 9.17) is 9.47 Å². The predicted molar refractivity (Wildman–Crippen MR) is 68.0 cm³/mol. The fourth-order valence-electron chi connectivity index (χ4n) is 1.45. The highest BCUT2D eigenvalue weighted by Crippen LogP contribution is 2.12. The fourth-order valence-corrected chi connectivity index (χ4v) is 1.45. The van der Waals surface area contributed by atoms with Gasteiger partial charge in [-0.2, -0.15) is 0 Å². The van der Waals surface area contributed by atoms with Gasteiger partial charge in [0.2, 0.25) is 0 Å². The largest absolute Gasteiger partial charge is 0.497 e. The molecule has 2 N–H and O–H groups in total. The molecule has 0 fully saturated rings. The highest BCUT2D eigenvalue weighted by atomic mass is 16.5. The van der Waals surface area contributed by atoms with E-state index in [9.17, 15) is 14.8 Å². The standard InChI is InChI=1S/C12H17BO5/c1-3-4-7-18-12(14)10-8-9(17-2)5-6-11(10)13(15)16/h5-6,8,15-16H,3-4,7H2,1-2H3. The molecule has 0 saturated carbocycles. The first kappa shape index (κ1) is 14.5. The number of carbonyl (C=O) groups excluding carboxylic acids is 1. The summed E-state index contributed by atoms with van der Waals surface area (Å²) >= 11 is 0. The molecular weight excluding hydrogens is 235 g/mol. The Hall–Kier alpha value is -1.53. The van der Waals surface area contributed by atoms with Crippen molar-refractivity contribution in [1.82, 2.24) is 0 Å². The lowest BCUT2D eigenvalue weighted by Crippen LogP contribution is -2.35. The van der Waals surface area contributed by atoms with Gasteiger partial charge in [-0.05, 0) is 24.0 Å². The number of ether oxygens (including phenoxy) is 2. The molecule has 0 aliphatic heterocycles. The molecule has 0 heterocycles. The van der Waals surface area contributed by atoms with Crippen LogP contribution in [0.3, 0.4) is 0 Å². The zero-order valence-electron chi connectivity index (χ0n) is 10.5. The Kier molecular flexibility index (Phi) is 5.68. The molecule has 1 rings (SSSR count). The Labute approximate surface area is 106 Å². The summed E-state index contributed by atoms with van der Waals surface area (Å²) in [5.41, 5.74) is 0.220. The molecule has 18 heavy (non-hydrogen) atoms. The second-order valence-corrected chi connectivity index (χ2v) is 3.82. The van der Waals surface area contributed by atoms with Gasteiger partial charge in [-0.1, -0.05) is 19.4 Å². The van der Waals surface area contributed by atoms with Crippen molar-refractivity contribution >= 4 is 18.6 Å². The summed E-state index contributed by atoms with van der Waals surface area (Å²) in [6.07, 6.45) is 1.69. The molecule has 1 aromatic rings. The van der Waals surface area contributed by atoms with Crippen molar-refractivity contribution < 1.29 is 24.3 Å². The van der Waals surface area contributed by atoms with Crippen LogP contribution in [0.5, 0.6) is 5.75 Å². The van der Waals surface area contributed by atoms with Crippen LogP contribution in [-0.4, -0.2) is 36.9 Å². The highest BCUT2D eigenvalue weighted by Gasteiger charge is 2.22. The van der Waals surface area contributed by atoms with E-state index in [2.05, 4.69) is 0 Å². The summed E-state index contributed by atoms with van der Waals surface area (Å²) in [5, 5.41) is 18.4. The highest BCUT2D eigenvalue weighted by molar-refractivity contribution is 6.60. The van der Waals surface area contributed by atoms with E-state index in [-0.39, 0.29) is 11.0 Å². The maximum atomic E-state index is 11.8. The van der Waals surface area contributed by atoms with Gasteiger partial charge < -0.3 is 19.5 Å². The van der Waals surface area contributed by atoms with Crippen molar-refractivity contribution in [2.24, 2.45) is 0 Å². The molecule has 98 valence electrons. The smallest absolute Gasteiger partial charge is 0.489 e. The Morgan fingerprint density at radius 2 is 2.11 bits per heavy atom. The molecule has 0 saturated heterocycles. The average molecular weight is 252 g/mol. The Balaban J connectivity index is 2.92. The molecule has 5 nitrogen and oxygen atoms in total. The molecule has 0 radical (unpaired) electrons. The van der Waals surface area contributed by atoms with Gasteiger partial charge in [0, 0.05) is 0 Å². The summed E-state index contributed by atoms with van der Waals surface area (Å²) in [6, 6.07) is 4.42. The summed E-state index contributed by atoms with van der Waals surface area (Å²) in [4.78, 5) is 11.8. The molecule has 1 aromatic carbocycles. The maximum absolute atomic E-state index is 11.8. The third kappa shape index (κ3) is 3.75. The number of hydrogen-bond donors (Lipinski definition) is 2. The molecule has 0 spiro atoms. The Morgan fingerprint density at radius 1 is 1.39 bits per heavy atom. The van der Waals surface area contributed by atoms with Crippen molar-refractivity contribution in [1.29, 1.82) is 0 Å². The quantitative estimate of drug-likeness (QED) is 0.433. The first-order valence-corrected chi connectivity index (χ1v) is 5.81. The average Bonchev–Trinajstić information content (AvgIpc) is 2.38. The van der Waals surface area contributed by atoms with Crippen molar-refractivity contribution in [3.63, 3.8) is 0 Å². The molecule has 0 aromatic heterocycles. The summed E-state index contributed by atoms with van der Waals surface area (Å²) in [6.45, 7) is 2.30. The summed E-state index contributed by atoms with van der Waals surface area (Å²) < 4.78 is 10.0. The van der Waals surface area contributed by atoms with Crippen LogP contribution in [0, 0.1) is 0 Å². The van der Waals surface area contributed by atoms with Gasteiger partial charge >= 0.3 is 13.1 Å². The second-order valence-electron chi connectivity index (χ2n) is 3.82. The first-order chi connectivity index (χ1) is 8.60. The predicted octanol–water partition coefficient (Wildman–Crippen LogP) is 0.332. The van der Waals surface area contributed by atoms with Crippen LogP contribution in [0.25, 0.3) is 0 Å². The molecule has 0 aliphatic rings. The molecule has 0 amide bonds. The van der Waals surface area contributed by atoms with Crippen molar-refractivity contribution in [2.45, 2.75) is 19.8 Å². The van der Waals surface area contributed by atoms with Gasteiger partial charge in [0.1, 0.15) is 5.75 Å². The SMILES string of the molecule is CCCCOC(=O)c1cc(OC)ccc1B(O)O. The van der Waals surface area contributed by atoms with Crippen LogP contribution in [-0.2, 0) is 4.74 Å². The van der Waals surface area contributed by atoms with Gasteiger partial charge in [-0.3, -0.25) is 0 Å². The van der Waals surface area contributed by atoms with Gasteiger partial charge in [0.15, 0.2) is 0 Å². The van der Waals surface area contributed by atoms with E-state index in [0.717, 1.165) is 12.8 Å². The minimum Gasteiger partial charge on any atom is -0.497 e. The molecule has 6 heteroatoms. The van der Waals surface area contributed by atoms with Crippen LogP contribution < -0.4 is 10.2 Å². The normalized spacial score (nSPS) is 10.0. The van der Waals surface area contributed by atoms with Crippen LogP contribution in [0.1, 0.15) is 30.1 Å². The van der Waals surface area contributed by atoms with Crippen LogP contribution in [0.15, 0.2) is 18.2 Å². The fraction of sp³-hybridized carbons (Fsp3) is 0.417. The van der Waals surface area contributed by atoms with Gasteiger partial charge in [-0.15, -0.1) is 0 Å². The topological polar surface area (TPSA) is 76.0 Å². The van der Waals surface area contributed by atoms with Crippen molar-refractivity contribution in [3.05, 3.63) is 23.8 Å². The molecule has 0 atom stereocenters. The molecule has 0 unspecified atom stereocenters. The van der Waals surface area contributed by atoms with E-state index >= 15 is 0 Å². The van der Waals surface area contributed by atoms with E-state index in [0.29, 0.717) is 12.4 Å². The number of rotatable bonds is 6.